The third-order valence-corrected chi connectivity index (χ3v) is 3.88. The van der Waals surface area contributed by atoms with Gasteiger partial charge in [-0.2, -0.15) is 0 Å². The Labute approximate surface area is 129 Å². The smallest absolute Gasteiger partial charge is 0.138 e. The van der Waals surface area contributed by atoms with Crippen LogP contribution in [0.1, 0.15) is 49.4 Å². The summed E-state index contributed by atoms with van der Waals surface area (Å²) >= 11 is 1.43. The van der Waals surface area contributed by atoms with Crippen molar-refractivity contribution in [3.8, 4) is 5.75 Å². The Morgan fingerprint density at radius 2 is 2.14 bits per heavy atom. The summed E-state index contributed by atoms with van der Waals surface area (Å²) in [5.74, 6) is 0.793. The zero-order chi connectivity index (χ0) is 15.2. The lowest BCUT2D eigenvalue weighted by Crippen LogP contribution is -2.23. The van der Waals surface area contributed by atoms with Gasteiger partial charge in [0.25, 0.3) is 0 Å². The Morgan fingerprint density at radius 3 is 2.76 bits per heavy atom. The lowest BCUT2D eigenvalue weighted by atomic mass is 10.1. The number of nitrogens with zero attached hydrogens (tertiary/aromatic N) is 3. The Bertz CT molecular complexity index is 570. The molecule has 1 N–H and O–H groups in total. The highest BCUT2D eigenvalue weighted by molar-refractivity contribution is 7.05. The second-order valence-corrected chi connectivity index (χ2v) is 6.02. The maximum Gasteiger partial charge on any atom is 0.138 e. The van der Waals surface area contributed by atoms with Gasteiger partial charge in [0.05, 0.1) is 28.9 Å². The maximum absolute atomic E-state index is 5.74. The third-order valence-electron chi connectivity index (χ3n) is 2.99. The molecule has 0 spiro atoms. The maximum atomic E-state index is 5.74. The van der Waals surface area contributed by atoms with Gasteiger partial charge in [0.15, 0.2) is 0 Å². The molecule has 0 bridgehead atoms. The molecule has 0 aliphatic rings. The van der Waals surface area contributed by atoms with Crippen LogP contribution in [-0.2, 0) is 0 Å². The molecule has 21 heavy (non-hydrogen) atoms. The zero-order valence-electron chi connectivity index (χ0n) is 13.0. The van der Waals surface area contributed by atoms with Gasteiger partial charge in [-0.1, -0.05) is 11.4 Å². The van der Waals surface area contributed by atoms with Crippen LogP contribution < -0.4 is 10.1 Å². The first kappa shape index (κ1) is 15.9. The molecule has 0 aliphatic heterocycles. The molecule has 0 amide bonds. The lowest BCUT2D eigenvalue weighted by Gasteiger charge is -2.18. The normalized spacial score (nSPS) is 12.6. The van der Waals surface area contributed by atoms with Crippen LogP contribution >= 0.6 is 11.5 Å². The number of rotatable bonds is 7. The van der Waals surface area contributed by atoms with Crippen molar-refractivity contribution in [1.29, 1.82) is 0 Å². The van der Waals surface area contributed by atoms with Gasteiger partial charge in [0, 0.05) is 6.20 Å². The number of aromatic nitrogens is 3. The van der Waals surface area contributed by atoms with Crippen molar-refractivity contribution in [3.05, 3.63) is 34.6 Å². The predicted octanol–water partition coefficient (Wildman–Crippen LogP) is 3.12. The minimum absolute atomic E-state index is 0.0631. The highest BCUT2D eigenvalue weighted by atomic mass is 32.1. The Morgan fingerprint density at radius 1 is 1.33 bits per heavy atom. The van der Waals surface area contributed by atoms with Crippen molar-refractivity contribution in [2.75, 3.05) is 6.54 Å². The van der Waals surface area contributed by atoms with Gasteiger partial charge in [0.1, 0.15) is 5.75 Å². The Hall–Kier alpha value is -1.53. The van der Waals surface area contributed by atoms with Crippen molar-refractivity contribution < 1.29 is 4.74 Å². The minimum atomic E-state index is 0.0631. The van der Waals surface area contributed by atoms with E-state index in [2.05, 4.69) is 26.8 Å². The summed E-state index contributed by atoms with van der Waals surface area (Å²) in [5, 5.41) is 7.66. The van der Waals surface area contributed by atoms with Gasteiger partial charge in [-0.3, -0.25) is 4.98 Å². The van der Waals surface area contributed by atoms with Crippen LogP contribution in [0.15, 0.2) is 18.5 Å². The molecular weight excluding hydrogens is 284 g/mol. The molecule has 0 fully saturated rings. The molecule has 0 aromatic carbocycles. The van der Waals surface area contributed by atoms with E-state index in [9.17, 15) is 0 Å². The second kappa shape index (κ2) is 7.47. The average Bonchev–Trinajstić information content (AvgIpc) is 2.85. The van der Waals surface area contributed by atoms with Crippen LogP contribution in [0.5, 0.6) is 5.75 Å². The fraction of sp³-hybridized carbons (Fsp3) is 0.533. The summed E-state index contributed by atoms with van der Waals surface area (Å²) in [7, 11) is 0. The molecule has 1 atom stereocenters. The SMILES string of the molecule is CCCNC(c1cncc(OC(C)C)c1)c1snnc1C. The number of nitrogens with one attached hydrogen (secondary N) is 1. The van der Waals surface area contributed by atoms with Crippen LogP contribution in [0.3, 0.4) is 0 Å². The summed E-state index contributed by atoms with van der Waals surface area (Å²) in [4.78, 5) is 5.44. The number of pyridine rings is 1. The Kier molecular flexibility index (Phi) is 5.64. The van der Waals surface area contributed by atoms with Crippen LogP contribution in [0.4, 0.5) is 0 Å². The summed E-state index contributed by atoms with van der Waals surface area (Å²) in [6.45, 7) is 9.09. The molecule has 0 saturated heterocycles. The average molecular weight is 306 g/mol. The first-order chi connectivity index (χ1) is 10.1. The molecule has 6 heteroatoms. The van der Waals surface area contributed by atoms with Crippen LogP contribution in [0, 0.1) is 6.92 Å². The van der Waals surface area contributed by atoms with Gasteiger partial charge < -0.3 is 10.1 Å². The van der Waals surface area contributed by atoms with Gasteiger partial charge >= 0.3 is 0 Å². The van der Waals surface area contributed by atoms with Crippen LogP contribution in [0.2, 0.25) is 0 Å². The molecule has 2 aromatic heterocycles. The van der Waals surface area contributed by atoms with E-state index in [0.29, 0.717) is 0 Å². The first-order valence-corrected chi connectivity index (χ1v) is 8.03. The summed E-state index contributed by atoms with van der Waals surface area (Å²) in [5.41, 5.74) is 2.04. The van der Waals surface area contributed by atoms with Crippen molar-refractivity contribution in [2.45, 2.75) is 46.3 Å². The molecule has 2 aromatic rings. The monoisotopic (exact) mass is 306 g/mol. The fourth-order valence-corrected chi connectivity index (χ4v) is 2.83. The van der Waals surface area contributed by atoms with Crippen molar-refractivity contribution in [3.63, 3.8) is 0 Å². The largest absolute Gasteiger partial charge is 0.489 e. The summed E-state index contributed by atoms with van der Waals surface area (Å²) in [6, 6.07) is 2.10. The van der Waals surface area contributed by atoms with E-state index in [0.717, 1.165) is 34.8 Å². The van der Waals surface area contributed by atoms with Gasteiger partial charge in [-0.25, -0.2) is 0 Å². The van der Waals surface area contributed by atoms with Gasteiger partial charge in [-0.15, -0.1) is 5.10 Å². The molecule has 0 radical (unpaired) electrons. The molecule has 1 unspecified atom stereocenters. The lowest BCUT2D eigenvalue weighted by molar-refractivity contribution is 0.241. The van der Waals surface area contributed by atoms with Crippen molar-refractivity contribution >= 4 is 11.5 Å². The number of hydrogen-bond acceptors (Lipinski definition) is 6. The van der Waals surface area contributed by atoms with E-state index in [-0.39, 0.29) is 12.1 Å². The van der Waals surface area contributed by atoms with Gasteiger partial charge in [0.2, 0.25) is 0 Å². The van der Waals surface area contributed by atoms with E-state index in [1.807, 2.05) is 33.0 Å². The fourth-order valence-electron chi connectivity index (χ4n) is 2.08. The Balaban J connectivity index is 2.30. The highest BCUT2D eigenvalue weighted by Gasteiger charge is 2.19. The predicted molar refractivity (Wildman–Crippen MR) is 84.8 cm³/mol. The van der Waals surface area contributed by atoms with Crippen molar-refractivity contribution in [1.82, 2.24) is 19.9 Å². The van der Waals surface area contributed by atoms with Crippen molar-refractivity contribution in [2.24, 2.45) is 0 Å². The van der Waals surface area contributed by atoms with E-state index < -0.39 is 0 Å². The van der Waals surface area contributed by atoms with Crippen LogP contribution in [-0.4, -0.2) is 27.2 Å². The molecular formula is C15H22N4OS. The molecule has 2 heterocycles. The highest BCUT2D eigenvalue weighted by Crippen LogP contribution is 2.28. The molecule has 5 nitrogen and oxygen atoms in total. The molecule has 2 rings (SSSR count). The quantitative estimate of drug-likeness (QED) is 0.851. The summed E-state index contributed by atoms with van der Waals surface area (Å²) in [6.07, 6.45) is 4.82. The molecule has 0 aliphatic carbocycles. The topological polar surface area (TPSA) is 59.9 Å². The standard InChI is InChI=1S/C15H22N4OS/c1-5-6-17-14(15-11(4)18-19-21-15)12-7-13(9-16-8-12)20-10(2)3/h7-10,14,17H,5-6H2,1-4H3. The second-order valence-electron chi connectivity index (χ2n) is 5.23. The van der Waals surface area contributed by atoms with Crippen LogP contribution in [0.25, 0.3) is 0 Å². The van der Waals surface area contributed by atoms with E-state index in [4.69, 9.17) is 4.74 Å². The number of ether oxygens (including phenoxy) is 1. The molecule has 0 saturated carbocycles. The zero-order valence-corrected chi connectivity index (χ0v) is 13.8. The summed E-state index contributed by atoms with van der Waals surface area (Å²) < 4.78 is 9.79. The van der Waals surface area contributed by atoms with Gasteiger partial charge in [-0.05, 0) is 56.9 Å². The van der Waals surface area contributed by atoms with E-state index in [1.54, 1.807) is 6.20 Å². The minimum Gasteiger partial charge on any atom is -0.489 e. The first-order valence-electron chi connectivity index (χ1n) is 7.25. The molecule has 114 valence electrons. The number of hydrogen-bond donors (Lipinski definition) is 1. The van der Waals surface area contributed by atoms with E-state index in [1.165, 1.54) is 11.5 Å². The third kappa shape index (κ3) is 4.22. The van der Waals surface area contributed by atoms with E-state index >= 15 is 0 Å². The number of aryl methyl sites for hydroxylation is 1.